The number of benzene rings is 2. The lowest BCUT2D eigenvalue weighted by molar-refractivity contribution is 0.0954. The molecule has 2 N–H and O–H groups in total. The molecule has 3 aromatic rings. The molecule has 0 saturated heterocycles. The van der Waals surface area contributed by atoms with E-state index in [1.807, 2.05) is 37.3 Å². The molecular weight excluding hydrogens is 308 g/mol. The van der Waals surface area contributed by atoms with E-state index < -0.39 is 0 Å². The van der Waals surface area contributed by atoms with Gasteiger partial charge in [-0.15, -0.1) is 11.3 Å². The van der Waals surface area contributed by atoms with Gasteiger partial charge in [-0.25, -0.2) is 4.98 Å². The first-order chi connectivity index (χ1) is 11.1. The van der Waals surface area contributed by atoms with Crippen LogP contribution in [0.15, 0.2) is 54.6 Å². The summed E-state index contributed by atoms with van der Waals surface area (Å²) in [5, 5.41) is 13.0. The number of aromatic nitrogens is 1. The highest BCUT2D eigenvalue weighted by molar-refractivity contribution is 7.17. The SMILES string of the molecule is Cc1nc(-c2ccc(O)cc2)sc1C(=O)NCc1ccccc1. The second-order valence-electron chi connectivity index (χ2n) is 5.15. The van der Waals surface area contributed by atoms with Crippen LogP contribution in [0.5, 0.6) is 5.75 Å². The van der Waals surface area contributed by atoms with E-state index in [9.17, 15) is 9.90 Å². The Kier molecular flexibility index (Phi) is 4.39. The summed E-state index contributed by atoms with van der Waals surface area (Å²) >= 11 is 1.36. The van der Waals surface area contributed by atoms with Crippen molar-refractivity contribution in [3.63, 3.8) is 0 Å². The molecule has 0 aliphatic rings. The normalized spacial score (nSPS) is 10.5. The Morgan fingerprint density at radius 2 is 1.83 bits per heavy atom. The van der Waals surface area contributed by atoms with Crippen molar-refractivity contribution in [2.45, 2.75) is 13.5 Å². The first kappa shape index (κ1) is 15.2. The topological polar surface area (TPSA) is 62.2 Å². The second kappa shape index (κ2) is 6.62. The van der Waals surface area contributed by atoms with Gasteiger partial charge in [-0.05, 0) is 36.8 Å². The lowest BCUT2D eigenvalue weighted by Crippen LogP contribution is -2.22. The molecule has 4 nitrogen and oxygen atoms in total. The van der Waals surface area contributed by atoms with E-state index in [0.717, 1.165) is 16.1 Å². The predicted molar refractivity (Wildman–Crippen MR) is 91.6 cm³/mol. The molecule has 3 rings (SSSR count). The average Bonchev–Trinajstić information content (AvgIpc) is 2.96. The summed E-state index contributed by atoms with van der Waals surface area (Å²) in [5.41, 5.74) is 2.66. The van der Waals surface area contributed by atoms with E-state index in [4.69, 9.17) is 0 Å². The highest BCUT2D eigenvalue weighted by atomic mass is 32.1. The third-order valence-electron chi connectivity index (χ3n) is 3.41. The number of amides is 1. The summed E-state index contributed by atoms with van der Waals surface area (Å²) in [5.74, 6) is 0.0942. The zero-order chi connectivity index (χ0) is 16.2. The summed E-state index contributed by atoms with van der Waals surface area (Å²) in [6, 6.07) is 16.6. The van der Waals surface area contributed by atoms with Gasteiger partial charge < -0.3 is 10.4 Å². The first-order valence-electron chi connectivity index (χ1n) is 7.22. The summed E-state index contributed by atoms with van der Waals surface area (Å²) < 4.78 is 0. The van der Waals surface area contributed by atoms with Gasteiger partial charge in [0.05, 0.1) is 5.69 Å². The number of carbonyl (C=O) groups excluding carboxylic acids is 1. The Balaban J connectivity index is 1.75. The van der Waals surface area contributed by atoms with Crippen LogP contribution < -0.4 is 5.32 Å². The summed E-state index contributed by atoms with van der Waals surface area (Å²) in [6.07, 6.45) is 0. The van der Waals surface area contributed by atoms with Crippen molar-refractivity contribution in [2.75, 3.05) is 0 Å². The summed E-state index contributed by atoms with van der Waals surface area (Å²) in [6.45, 7) is 2.32. The molecule has 2 aromatic carbocycles. The maximum atomic E-state index is 12.4. The molecule has 0 aliphatic heterocycles. The van der Waals surface area contributed by atoms with Crippen molar-refractivity contribution < 1.29 is 9.90 Å². The number of aryl methyl sites for hydroxylation is 1. The maximum absolute atomic E-state index is 12.4. The number of nitrogens with zero attached hydrogens (tertiary/aromatic N) is 1. The molecule has 1 amide bonds. The van der Waals surface area contributed by atoms with Crippen molar-refractivity contribution in [1.82, 2.24) is 10.3 Å². The van der Waals surface area contributed by atoms with Crippen LogP contribution in [0.1, 0.15) is 20.9 Å². The van der Waals surface area contributed by atoms with Crippen LogP contribution in [0.4, 0.5) is 0 Å². The van der Waals surface area contributed by atoms with Crippen LogP contribution in [0.25, 0.3) is 10.6 Å². The van der Waals surface area contributed by atoms with Crippen molar-refractivity contribution in [3.8, 4) is 16.3 Å². The van der Waals surface area contributed by atoms with E-state index >= 15 is 0 Å². The predicted octanol–water partition coefficient (Wildman–Crippen LogP) is 3.75. The molecule has 1 aromatic heterocycles. The first-order valence-corrected chi connectivity index (χ1v) is 8.04. The minimum Gasteiger partial charge on any atom is -0.508 e. The molecule has 0 fully saturated rings. The maximum Gasteiger partial charge on any atom is 0.263 e. The Labute approximate surface area is 138 Å². The fourth-order valence-corrected chi connectivity index (χ4v) is 3.18. The highest BCUT2D eigenvalue weighted by Crippen LogP contribution is 2.29. The van der Waals surface area contributed by atoms with Gasteiger partial charge in [0.15, 0.2) is 0 Å². The van der Waals surface area contributed by atoms with E-state index in [2.05, 4.69) is 10.3 Å². The molecule has 0 atom stereocenters. The van der Waals surface area contributed by atoms with Crippen LogP contribution in [0.2, 0.25) is 0 Å². The van der Waals surface area contributed by atoms with E-state index in [0.29, 0.717) is 17.1 Å². The molecule has 0 unspecified atom stereocenters. The number of aromatic hydroxyl groups is 1. The number of thiazole rings is 1. The van der Waals surface area contributed by atoms with Crippen molar-refractivity contribution in [3.05, 3.63) is 70.7 Å². The zero-order valence-electron chi connectivity index (χ0n) is 12.6. The molecule has 23 heavy (non-hydrogen) atoms. The molecule has 0 saturated carbocycles. The molecule has 1 heterocycles. The molecule has 116 valence electrons. The minimum absolute atomic E-state index is 0.117. The highest BCUT2D eigenvalue weighted by Gasteiger charge is 2.16. The third-order valence-corrected chi connectivity index (χ3v) is 4.62. The summed E-state index contributed by atoms with van der Waals surface area (Å²) in [4.78, 5) is 17.4. The average molecular weight is 324 g/mol. The van der Waals surface area contributed by atoms with Gasteiger partial charge in [-0.3, -0.25) is 4.79 Å². The Morgan fingerprint density at radius 1 is 1.13 bits per heavy atom. The van der Waals surface area contributed by atoms with Gasteiger partial charge >= 0.3 is 0 Å². The number of hydrogen-bond donors (Lipinski definition) is 2. The zero-order valence-corrected chi connectivity index (χ0v) is 13.4. The van der Waals surface area contributed by atoms with Crippen LogP contribution in [0.3, 0.4) is 0 Å². The largest absolute Gasteiger partial charge is 0.508 e. The van der Waals surface area contributed by atoms with E-state index in [-0.39, 0.29) is 11.7 Å². The van der Waals surface area contributed by atoms with Crippen LogP contribution in [0, 0.1) is 6.92 Å². The van der Waals surface area contributed by atoms with Gasteiger partial charge in [0.2, 0.25) is 0 Å². The van der Waals surface area contributed by atoms with E-state index in [1.54, 1.807) is 24.3 Å². The van der Waals surface area contributed by atoms with Gasteiger partial charge in [0.25, 0.3) is 5.91 Å². The van der Waals surface area contributed by atoms with E-state index in [1.165, 1.54) is 11.3 Å². The van der Waals surface area contributed by atoms with Crippen LogP contribution >= 0.6 is 11.3 Å². The van der Waals surface area contributed by atoms with Crippen LogP contribution in [-0.4, -0.2) is 16.0 Å². The second-order valence-corrected chi connectivity index (χ2v) is 6.15. The number of rotatable bonds is 4. The smallest absolute Gasteiger partial charge is 0.263 e. The Bertz CT molecular complexity index is 811. The molecule has 0 bridgehead atoms. The monoisotopic (exact) mass is 324 g/mol. The number of hydrogen-bond acceptors (Lipinski definition) is 4. The fourth-order valence-electron chi connectivity index (χ4n) is 2.19. The number of phenols is 1. The van der Waals surface area contributed by atoms with Gasteiger partial charge in [-0.2, -0.15) is 0 Å². The summed E-state index contributed by atoms with van der Waals surface area (Å²) in [7, 11) is 0. The van der Waals surface area contributed by atoms with Gasteiger partial charge in [-0.1, -0.05) is 30.3 Å². The Morgan fingerprint density at radius 3 is 2.52 bits per heavy atom. The van der Waals surface area contributed by atoms with Crippen molar-refractivity contribution >= 4 is 17.2 Å². The lowest BCUT2D eigenvalue weighted by atomic mass is 10.2. The molecule has 0 radical (unpaired) electrons. The van der Waals surface area contributed by atoms with Crippen molar-refractivity contribution in [2.24, 2.45) is 0 Å². The minimum atomic E-state index is -0.117. The lowest BCUT2D eigenvalue weighted by Gasteiger charge is -2.03. The quantitative estimate of drug-likeness (QED) is 0.768. The number of phenolic OH excluding ortho intramolecular Hbond substituents is 1. The van der Waals surface area contributed by atoms with Gasteiger partial charge in [0, 0.05) is 12.1 Å². The standard InChI is InChI=1S/C18H16N2O2S/c1-12-16(17(22)19-11-13-5-3-2-4-6-13)23-18(20-12)14-7-9-15(21)10-8-14/h2-10,21H,11H2,1H3,(H,19,22). The van der Waals surface area contributed by atoms with Gasteiger partial charge in [0.1, 0.15) is 15.6 Å². The number of nitrogens with one attached hydrogen (secondary N) is 1. The molecule has 0 aliphatic carbocycles. The molecule has 0 spiro atoms. The molecular formula is C18H16N2O2S. The van der Waals surface area contributed by atoms with Crippen molar-refractivity contribution in [1.29, 1.82) is 0 Å². The van der Waals surface area contributed by atoms with Crippen LogP contribution in [-0.2, 0) is 6.54 Å². The molecule has 5 heteroatoms. The number of carbonyl (C=O) groups is 1. The third kappa shape index (κ3) is 3.57. The Hall–Kier alpha value is -2.66. The fraction of sp³-hybridized carbons (Fsp3) is 0.111.